The van der Waals surface area contributed by atoms with Gasteiger partial charge in [0.15, 0.2) is 0 Å². The number of benzene rings is 2. The second-order valence-corrected chi connectivity index (χ2v) is 9.27. The highest BCUT2D eigenvalue weighted by molar-refractivity contribution is 5.60. The van der Waals surface area contributed by atoms with Crippen LogP contribution in [0.2, 0.25) is 0 Å². The normalized spacial score (nSPS) is 17.5. The van der Waals surface area contributed by atoms with Gasteiger partial charge in [-0.3, -0.25) is 0 Å². The quantitative estimate of drug-likeness (QED) is 0.670. The Morgan fingerprint density at radius 2 is 1.81 bits per heavy atom. The van der Waals surface area contributed by atoms with E-state index in [-0.39, 0.29) is 5.54 Å². The molecule has 0 bridgehead atoms. The number of rotatable bonds is 5. The van der Waals surface area contributed by atoms with Crippen LogP contribution in [-0.2, 0) is 6.42 Å². The van der Waals surface area contributed by atoms with Crippen molar-refractivity contribution >= 4 is 5.69 Å². The summed E-state index contributed by atoms with van der Waals surface area (Å²) in [5.74, 6) is 0.511. The van der Waals surface area contributed by atoms with Gasteiger partial charge < -0.3 is 9.80 Å². The minimum atomic E-state index is 0.222. The molecule has 2 aromatic rings. The van der Waals surface area contributed by atoms with Crippen LogP contribution in [0.4, 0.5) is 5.69 Å². The molecular weight excluding hydrogens is 328 g/mol. The fourth-order valence-corrected chi connectivity index (χ4v) is 4.07. The first kappa shape index (κ1) is 19.9. The highest BCUT2D eigenvalue weighted by Crippen LogP contribution is 2.40. The van der Waals surface area contributed by atoms with Gasteiger partial charge >= 0.3 is 0 Å². The van der Waals surface area contributed by atoms with Crippen molar-refractivity contribution in [3.05, 3.63) is 65.2 Å². The molecule has 146 valence electrons. The third-order valence-corrected chi connectivity index (χ3v) is 6.14. The van der Waals surface area contributed by atoms with Crippen molar-refractivity contribution in [1.82, 2.24) is 4.90 Å². The second kappa shape index (κ2) is 8.06. The lowest BCUT2D eigenvalue weighted by Crippen LogP contribution is -2.39. The predicted molar refractivity (Wildman–Crippen MR) is 118 cm³/mol. The van der Waals surface area contributed by atoms with Gasteiger partial charge in [0.1, 0.15) is 0 Å². The zero-order chi connectivity index (χ0) is 19.6. The van der Waals surface area contributed by atoms with Crippen LogP contribution in [0.5, 0.6) is 0 Å². The molecule has 2 nitrogen and oxygen atoms in total. The Morgan fingerprint density at radius 1 is 1.07 bits per heavy atom. The molecule has 0 fully saturated rings. The van der Waals surface area contributed by atoms with E-state index in [9.17, 15) is 0 Å². The molecule has 1 heterocycles. The standard InChI is InChI=1S/C25H36N2/c1-19(2)27-17-15-22(23-12-7-8-13-24(23)27)21-11-9-10-20(18-21)14-16-26(6)25(3,4)5/h7-13,18-19,22H,14-17H2,1-6H3. The predicted octanol–water partition coefficient (Wildman–Crippen LogP) is 5.71. The second-order valence-electron chi connectivity index (χ2n) is 9.27. The summed E-state index contributed by atoms with van der Waals surface area (Å²) in [5, 5.41) is 0. The third-order valence-electron chi connectivity index (χ3n) is 6.14. The van der Waals surface area contributed by atoms with E-state index < -0.39 is 0 Å². The largest absolute Gasteiger partial charge is 0.369 e. The fourth-order valence-electron chi connectivity index (χ4n) is 4.07. The average molecular weight is 365 g/mol. The van der Waals surface area contributed by atoms with Crippen LogP contribution in [0.1, 0.15) is 63.6 Å². The van der Waals surface area contributed by atoms with Crippen LogP contribution in [0.15, 0.2) is 48.5 Å². The van der Waals surface area contributed by atoms with Gasteiger partial charge in [-0.1, -0.05) is 42.5 Å². The summed E-state index contributed by atoms with van der Waals surface area (Å²) in [7, 11) is 2.22. The molecule has 0 saturated carbocycles. The smallest absolute Gasteiger partial charge is 0.0407 e. The molecule has 0 aliphatic carbocycles. The molecule has 0 amide bonds. The van der Waals surface area contributed by atoms with Crippen molar-refractivity contribution in [1.29, 1.82) is 0 Å². The average Bonchev–Trinajstić information content (AvgIpc) is 2.64. The lowest BCUT2D eigenvalue weighted by molar-refractivity contribution is 0.178. The number of para-hydroxylation sites is 1. The molecule has 2 heteroatoms. The maximum atomic E-state index is 2.55. The van der Waals surface area contributed by atoms with Gasteiger partial charge in [-0.2, -0.15) is 0 Å². The third kappa shape index (κ3) is 4.55. The first-order chi connectivity index (χ1) is 12.8. The molecule has 1 aliphatic heterocycles. The molecule has 1 aliphatic rings. The molecular formula is C25H36N2. The van der Waals surface area contributed by atoms with Crippen molar-refractivity contribution < 1.29 is 0 Å². The number of nitrogens with zero attached hydrogens (tertiary/aromatic N) is 2. The zero-order valence-electron chi connectivity index (χ0n) is 18.0. The Morgan fingerprint density at radius 3 is 2.52 bits per heavy atom. The lowest BCUT2D eigenvalue weighted by atomic mass is 9.83. The van der Waals surface area contributed by atoms with Gasteiger partial charge in [-0.15, -0.1) is 0 Å². The van der Waals surface area contributed by atoms with E-state index in [1.165, 1.54) is 28.8 Å². The molecule has 2 aromatic carbocycles. The molecule has 0 saturated heterocycles. The Bertz CT molecular complexity index is 757. The van der Waals surface area contributed by atoms with E-state index in [4.69, 9.17) is 0 Å². The Kier molecular flexibility index (Phi) is 5.95. The highest BCUT2D eigenvalue weighted by atomic mass is 15.2. The molecule has 3 rings (SSSR count). The van der Waals surface area contributed by atoms with Gasteiger partial charge in [0, 0.05) is 36.3 Å². The molecule has 1 atom stereocenters. The topological polar surface area (TPSA) is 6.48 Å². The number of likely N-dealkylation sites (N-methyl/N-ethyl adjacent to an activating group) is 1. The molecule has 0 N–H and O–H groups in total. The summed E-state index contributed by atoms with van der Waals surface area (Å²) < 4.78 is 0. The summed E-state index contributed by atoms with van der Waals surface area (Å²) in [4.78, 5) is 4.99. The Balaban J connectivity index is 1.82. The van der Waals surface area contributed by atoms with E-state index in [1.807, 2.05) is 0 Å². The molecule has 0 aromatic heterocycles. The van der Waals surface area contributed by atoms with E-state index in [1.54, 1.807) is 0 Å². The first-order valence-corrected chi connectivity index (χ1v) is 10.4. The number of hydrogen-bond acceptors (Lipinski definition) is 2. The summed E-state index contributed by atoms with van der Waals surface area (Å²) >= 11 is 0. The number of anilines is 1. The summed E-state index contributed by atoms with van der Waals surface area (Å²) in [5.41, 5.74) is 6.05. The van der Waals surface area contributed by atoms with Crippen molar-refractivity contribution in [3.63, 3.8) is 0 Å². The van der Waals surface area contributed by atoms with Crippen LogP contribution in [0.3, 0.4) is 0 Å². The Labute approximate surface area is 166 Å². The van der Waals surface area contributed by atoms with Crippen molar-refractivity contribution in [3.8, 4) is 0 Å². The van der Waals surface area contributed by atoms with Gasteiger partial charge in [0.25, 0.3) is 0 Å². The summed E-state index contributed by atoms with van der Waals surface area (Å²) in [6.45, 7) is 13.7. The van der Waals surface area contributed by atoms with Crippen LogP contribution in [0.25, 0.3) is 0 Å². The number of hydrogen-bond donors (Lipinski definition) is 0. The first-order valence-electron chi connectivity index (χ1n) is 10.4. The summed E-state index contributed by atoms with van der Waals surface area (Å²) in [6.07, 6.45) is 2.30. The Hall–Kier alpha value is -1.80. The van der Waals surface area contributed by atoms with Crippen LogP contribution in [-0.4, -0.2) is 36.6 Å². The molecule has 27 heavy (non-hydrogen) atoms. The van der Waals surface area contributed by atoms with Crippen LogP contribution < -0.4 is 4.90 Å². The van der Waals surface area contributed by atoms with Gasteiger partial charge in [-0.25, -0.2) is 0 Å². The number of fused-ring (bicyclic) bond motifs is 1. The minimum Gasteiger partial charge on any atom is -0.369 e. The van der Waals surface area contributed by atoms with Crippen molar-refractivity contribution in [2.45, 2.75) is 65.0 Å². The van der Waals surface area contributed by atoms with Gasteiger partial charge in [0.2, 0.25) is 0 Å². The van der Waals surface area contributed by atoms with E-state index in [2.05, 4.69) is 100.0 Å². The minimum absolute atomic E-state index is 0.222. The highest BCUT2D eigenvalue weighted by Gasteiger charge is 2.27. The monoisotopic (exact) mass is 364 g/mol. The molecule has 0 spiro atoms. The van der Waals surface area contributed by atoms with Crippen molar-refractivity contribution in [2.75, 3.05) is 25.0 Å². The maximum Gasteiger partial charge on any atom is 0.0407 e. The van der Waals surface area contributed by atoms with Gasteiger partial charge in [-0.05, 0) is 77.3 Å². The fraction of sp³-hybridized carbons (Fsp3) is 0.520. The van der Waals surface area contributed by atoms with Gasteiger partial charge in [0.05, 0.1) is 0 Å². The molecule has 0 radical (unpaired) electrons. The summed E-state index contributed by atoms with van der Waals surface area (Å²) in [6, 6.07) is 18.8. The molecule has 1 unspecified atom stereocenters. The van der Waals surface area contributed by atoms with E-state index in [0.717, 1.165) is 19.5 Å². The zero-order valence-corrected chi connectivity index (χ0v) is 18.0. The van der Waals surface area contributed by atoms with E-state index in [0.29, 0.717) is 12.0 Å². The van der Waals surface area contributed by atoms with Crippen LogP contribution in [0, 0.1) is 0 Å². The maximum absolute atomic E-state index is 2.55. The van der Waals surface area contributed by atoms with Crippen LogP contribution >= 0.6 is 0 Å². The van der Waals surface area contributed by atoms with E-state index >= 15 is 0 Å². The lowest BCUT2D eigenvalue weighted by Gasteiger charge is -2.38. The SMILES string of the molecule is CC(C)N1CCC(c2cccc(CCN(C)C(C)(C)C)c2)c2ccccc21. The van der Waals surface area contributed by atoms with Crippen molar-refractivity contribution in [2.24, 2.45) is 0 Å².